The second-order valence-corrected chi connectivity index (χ2v) is 6.61. The number of benzene rings is 2. The van der Waals surface area contributed by atoms with Crippen LogP contribution < -0.4 is 4.46 Å². The molecule has 0 aliphatic heterocycles. The molecule has 2 aromatic rings. The fraction of sp³-hybridized carbons (Fsp3) is 0.111. The molecule has 0 saturated carbocycles. The minimum absolute atomic E-state index is 0.170. The average molecular weight is 342 g/mol. The minimum atomic E-state index is -0.203. The van der Waals surface area contributed by atoms with E-state index in [1.54, 1.807) is 6.08 Å². The Hall–Kier alpha value is -2.05. The van der Waals surface area contributed by atoms with Gasteiger partial charge in [0.1, 0.15) is 0 Å². The molecule has 0 unspecified atom stereocenters. The van der Waals surface area contributed by atoms with Crippen molar-refractivity contribution in [2.24, 2.45) is 0 Å². The van der Waals surface area contributed by atoms with E-state index in [0.29, 0.717) is 13.1 Å². The summed E-state index contributed by atoms with van der Waals surface area (Å²) in [5.41, 5.74) is 3.87. The molecule has 3 heteroatoms. The van der Waals surface area contributed by atoms with E-state index in [1.807, 2.05) is 65.6 Å². The Labute approximate surface area is 132 Å². The van der Waals surface area contributed by atoms with Crippen molar-refractivity contribution in [2.75, 3.05) is 6.54 Å². The number of carbonyl (C=O) groups excluding carboxylic acids is 1. The number of hydrogen-bond donors (Lipinski definition) is 0. The Bertz CT molecular complexity index is 618. The van der Waals surface area contributed by atoms with Crippen molar-refractivity contribution in [3.63, 3.8) is 0 Å². The quantitative estimate of drug-likeness (QED) is 0.584. The van der Waals surface area contributed by atoms with Gasteiger partial charge in [-0.1, -0.05) is 0 Å². The summed E-state index contributed by atoms with van der Waals surface area (Å²) in [5, 5.41) is 0. The van der Waals surface area contributed by atoms with Crippen LogP contribution in [-0.4, -0.2) is 31.2 Å². The van der Waals surface area contributed by atoms with Crippen LogP contribution in [0.4, 0.5) is 4.79 Å². The third-order valence-corrected chi connectivity index (χ3v) is 4.85. The fourth-order valence-electron chi connectivity index (χ4n) is 1.84. The van der Waals surface area contributed by atoms with Gasteiger partial charge < -0.3 is 0 Å². The van der Waals surface area contributed by atoms with Crippen LogP contribution in [0.25, 0.3) is 0 Å². The van der Waals surface area contributed by atoms with Crippen LogP contribution >= 0.6 is 0 Å². The molecular formula is C18H17NOSe. The molecule has 0 fully saturated rings. The van der Waals surface area contributed by atoms with Gasteiger partial charge in [0.25, 0.3) is 0 Å². The summed E-state index contributed by atoms with van der Waals surface area (Å²) in [7, 11) is 0. The van der Waals surface area contributed by atoms with E-state index in [1.165, 1.54) is 0 Å². The first-order chi connectivity index (χ1) is 10.3. The molecule has 2 nitrogen and oxygen atoms in total. The summed E-state index contributed by atoms with van der Waals surface area (Å²) in [4.78, 5) is 14.5. The normalized spacial score (nSPS) is 9.71. The molecule has 0 atom stereocenters. The molecule has 2 aromatic carbocycles. The Morgan fingerprint density at radius 1 is 1.10 bits per heavy atom. The van der Waals surface area contributed by atoms with Crippen LogP contribution in [0.3, 0.4) is 0 Å². The zero-order valence-corrected chi connectivity index (χ0v) is 13.4. The molecule has 21 heavy (non-hydrogen) atoms. The SMILES string of the molecule is C=C=CCN(Cc1ccccc1)C(=O)[Se]c1ccccc1. The zero-order chi connectivity index (χ0) is 14.9. The van der Waals surface area contributed by atoms with Gasteiger partial charge in [-0.15, -0.1) is 0 Å². The molecule has 0 aromatic heterocycles. The van der Waals surface area contributed by atoms with Gasteiger partial charge in [-0.05, 0) is 0 Å². The monoisotopic (exact) mass is 343 g/mol. The van der Waals surface area contributed by atoms with Gasteiger partial charge >= 0.3 is 132 Å². The van der Waals surface area contributed by atoms with Gasteiger partial charge in [0.2, 0.25) is 0 Å². The van der Waals surface area contributed by atoms with E-state index in [9.17, 15) is 4.79 Å². The van der Waals surface area contributed by atoms with Gasteiger partial charge in [0.05, 0.1) is 0 Å². The molecule has 0 radical (unpaired) electrons. The standard InChI is InChI=1S/C18H17NOSe/c1-2-3-14-19(15-16-10-6-4-7-11-16)18(20)21-17-12-8-5-9-13-17/h3-13H,1,14-15H2. The Morgan fingerprint density at radius 3 is 2.33 bits per heavy atom. The van der Waals surface area contributed by atoms with Crippen LogP contribution in [0.2, 0.25) is 0 Å². The van der Waals surface area contributed by atoms with Crippen molar-refractivity contribution in [1.29, 1.82) is 0 Å². The van der Waals surface area contributed by atoms with E-state index in [2.05, 4.69) is 12.3 Å². The van der Waals surface area contributed by atoms with E-state index < -0.39 is 0 Å². The third-order valence-electron chi connectivity index (χ3n) is 2.88. The van der Waals surface area contributed by atoms with E-state index >= 15 is 0 Å². The molecule has 2 rings (SSSR count). The second kappa shape index (κ2) is 8.28. The van der Waals surface area contributed by atoms with Crippen LogP contribution in [0.1, 0.15) is 5.56 Å². The van der Waals surface area contributed by atoms with Crippen LogP contribution in [-0.2, 0) is 6.54 Å². The first-order valence-corrected chi connectivity index (χ1v) is 8.41. The molecule has 1 amide bonds. The third kappa shape index (κ3) is 5.09. The van der Waals surface area contributed by atoms with Crippen molar-refractivity contribution < 1.29 is 4.79 Å². The van der Waals surface area contributed by atoms with E-state index in [4.69, 9.17) is 0 Å². The van der Waals surface area contributed by atoms with Gasteiger partial charge in [-0.25, -0.2) is 0 Å². The van der Waals surface area contributed by atoms with Gasteiger partial charge in [-0.3, -0.25) is 0 Å². The van der Waals surface area contributed by atoms with Gasteiger partial charge in [0.15, 0.2) is 0 Å². The Kier molecular flexibility index (Phi) is 6.05. The summed E-state index contributed by atoms with van der Waals surface area (Å²) < 4.78 is 1.09. The molecule has 0 N–H and O–H groups in total. The summed E-state index contributed by atoms with van der Waals surface area (Å²) in [6, 6.07) is 19.9. The predicted molar refractivity (Wildman–Crippen MR) is 87.8 cm³/mol. The molecule has 0 bridgehead atoms. The first-order valence-electron chi connectivity index (χ1n) is 6.69. The topological polar surface area (TPSA) is 20.3 Å². The summed E-state index contributed by atoms with van der Waals surface area (Å²) in [6.45, 7) is 4.73. The predicted octanol–water partition coefficient (Wildman–Crippen LogP) is 2.98. The van der Waals surface area contributed by atoms with Crippen LogP contribution in [0, 0.1) is 0 Å². The zero-order valence-electron chi connectivity index (χ0n) is 11.7. The van der Waals surface area contributed by atoms with Crippen molar-refractivity contribution in [2.45, 2.75) is 6.54 Å². The molecule has 0 saturated heterocycles. The molecule has 0 aliphatic rings. The number of carbonyl (C=O) groups is 1. The number of hydrogen-bond acceptors (Lipinski definition) is 1. The van der Waals surface area contributed by atoms with Gasteiger partial charge in [-0.2, -0.15) is 0 Å². The van der Waals surface area contributed by atoms with E-state index in [0.717, 1.165) is 10.0 Å². The fourth-order valence-corrected chi connectivity index (χ4v) is 3.44. The first kappa shape index (κ1) is 15.3. The molecular weight excluding hydrogens is 325 g/mol. The number of amides is 1. The average Bonchev–Trinajstić information content (AvgIpc) is 2.53. The summed E-state index contributed by atoms with van der Waals surface area (Å²) >= 11 is -0.203. The molecule has 0 spiro atoms. The maximum absolute atomic E-state index is 12.5. The van der Waals surface area contributed by atoms with Crippen LogP contribution in [0.15, 0.2) is 79.0 Å². The Morgan fingerprint density at radius 2 is 1.71 bits per heavy atom. The molecule has 0 aliphatic carbocycles. The molecule has 0 heterocycles. The van der Waals surface area contributed by atoms with Crippen molar-refractivity contribution in [1.82, 2.24) is 4.90 Å². The Balaban J connectivity index is 2.07. The van der Waals surface area contributed by atoms with Crippen molar-refractivity contribution in [3.8, 4) is 0 Å². The van der Waals surface area contributed by atoms with Crippen molar-refractivity contribution in [3.05, 3.63) is 84.6 Å². The second-order valence-electron chi connectivity index (χ2n) is 4.46. The van der Waals surface area contributed by atoms with E-state index in [-0.39, 0.29) is 19.8 Å². The van der Waals surface area contributed by atoms with Crippen molar-refractivity contribution >= 4 is 24.2 Å². The van der Waals surface area contributed by atoms with Crippen LogP contribution in [0.5, 0.6) is 0 Å². The summed E-state index contributed by atoms with van der Waals surface area (Å²) in [6.07, 6.45) is 1.79. The summed E-state index contributed by atoms with van der Waals surface area (Å²) in [5.74, 6) is 0. The van der Waals surface area contributed by atoms with Gasteiger partial charge in [0, 0.05) is 0 Å². The molecule has 106 valence electrons. The number of nitrogens with zero attached hydrogens (tertiary/aromatic N) is 1. The maximum atomic E-state index is 12.5. The number of rotatable bonds is 6.